The third-order valence-corrected chi connectivity index (χ3v) is 14.9. The van der Waals surface area contributed by atoms with E-state index >= 15 is 0 Å². The number of nitrogens with zero attached hydrogens (tertiary/aromatic N) is 1. The molecule has 0 heterocycles. The summed E-state index contributed by atoms with van der Waals surface area (Å²) in [6.07, 6.45) is 10.8. The standard InChI is InChI=1S/C37H65NO4Si3/c1-36-22-21-29(41-44(6,7)8)23-28(36)17-18-30-31-19-20-32(37(31,2)24-34(35(30)36)42-45(9,10)11)33(26-40-43(3,4)5)38-39-25-27-15-13-12-14-16-27/h12-16,28-32,34-35H,17-26H2,1-11H3/b38-33+/t28-,29+,30+,31+,32-,34+,35-,36+,37+/m1/s1. The molecule has 0 amide bonds. The Morgan fingerprint density at radius 2 is 1.49 bits per heavy atom. The van der Waals surface area contributed by atoms with Gasteiger partial charge in [0.1, 0.15) is 6.61 Å². The molecule has 0 unspecified atom stereocenters. The summed E-state index contributed by atoms with van der Waals surface area (Å²) in [5.41, 5.74) is 2.77. The lowest BCUT2D eigenvalue weighted by Gasteiger charge is -2.64. The Bertz CT molecular complexity index is 1170. The molecule has 0 N–H and O–H groups in total. The van der Waals surface area contributed by atoms with Crippen molar-refractivity contribution in [1.29, 1.82) is 0 Å². The molecule has 0 aromatic heterocycles. The second kappa shape index (κ2) is 13.3. The summed E-state index contributed by atoms with van der Waals surface area (Å²) in [4.78, 5) is 6.12. The van der Waals surface area contributed by atoms with Crippen LogP contribution in [0.25, 0.3) is 0 Å². The van der Waals surface area contributed by atoms with Crippen molar-refractivity contribution in [2.24, 2.45) is 45.6 Å². The Balaban J connectivity index is 1.43. The lowest BCUT2D eigenvalue weighted by molar-refractivity contribution is -0.168. The molecule has 45 heavy (non-hydrogen) atoms. The fourth-order valence-corrected chi connectivity index (χ4v) is 13.2. The first-order valence-corrected chi connectivity index (χ1v) is 28.3. The van der Waals surface area contributed by atoms with Crippen LogP contribution in [0.3, 0.4) is 0 Å². The van der Waals surface area contributed by atoms with Crippen LogP contribution in [0.2, 0.25) is 58.9 Å². The van der Waals surface area contributed by atoms with Crippen LogP contribution in [0.5, 0.6) is 0 Å². The SMILES string of the molecule is C[C@]12CC[C@H](O[Si](C)(C)C)C[C@H]1CC[C@@H]1[C@@H]2[C@@H](O[Si](C)(C)C)C[C@]2(C)[C@@H](/C(CO[Si](C)(C)C)=N/OCc3ccccc3)CC[C@@H]12. The number of rotatable bonds is 11. The van der Waals surface area contributed by atoms with Crippen molar-refractivity contribution in [3.05, 3.63) is 35.9 Å². The molecule has 4 fully saturated rings. The van der Waals surface area contributed by atoms with Crippen molar-refractivity contribution in [3.8, 4) is 0 Å². The Labute approximate surface area is 279 Å². The summed E-state index contributed by atoms with van der Waals surface area (Å²) in [6.45, 7) is 27.4. The van der Waals surface area contributed by atoms with Gasteiger partial charge in [-0.3, -0.25) is 0 Å². The highest BCUT2D eigenvalue weighted by Crippen LogP contribution is 2.68. The molecule has 254 valence electrons. The van der Waals surface area contributed by atoms with Crippen LogP contribution in [-0.2, 0) is 24.7 Å². The zero-order chi connectivity index (χ0) is 32.8. The summed E-state index contributed by atoms with van der Waals surface area (Å²) in [5.74, 6) is 3.18. The van der Waals surface area contributed by atoms with E-state index in [1.165, 1.54) is 44.9 Å². The maximum atomic E-state index is 7.34. The first-order chi connectivity index (χ1) is 20.9. The lowest BCUT2D eigenvalue weighted by atomic mass is 9.44. The van der Waals surface area contributed by atoms with Gasteiger partial charge in [0.25, 0.3) is 0 Å². The van der Waals surface area contributed by atoms with E-state index in [4.69, 9.17) is 23.3 Å². The molecule has 0 spiro atoms. The molecule has 1 aromatic carbocycles. The largest absolute Gasteiger partial charge is 0.415 e. The number of benzene rings is 1. The van der Waals surface area contributed by atoms with Crippen LogP contribution < -0.4 is 0 Å². The van der Waals surface area contributed by atoms with Gasteiger partial charge in [-0.15, -0.1) is 0 Å². The molecular formula is C37H65NO4Si3. The van der Waals surface area contributed by atoms with Crippen molar-refractivity contribution in [2.45, 2.75) is 143 Å². The number of hydrogen-bond acceptors (Lipinski definition) is 5. The third-order valence-electron chi connectivity index (χ3n) is 11.9. The quantitative estimate of drug-likeness (QED) is 0.133. The number of oxime groups is 1. The van der Waals surface area contributed by atoms with Gasteiger partial charge in [0.15, 0.2) is 25.0 Å². The fourth-order valence-electron chi connectivity index (χ4n) is 10.3. The van der Waals surface area contributed by atoms with Crippen molar-refractivity contribution in [3.63, 3.8) is 0 Å². The number of hydrogen-bond donors (Lipinski definition) is 0. The maximum absolute atomic E-state index is 7.34. The second-order valence-corrected chi connectivity index (χ2v) is 32.0. The fraction of sp³-hybridized carbons (Fsp3) is 0.811. The Morgan fingerprint density at radius 1 is 0.800 bits per heavy atom. The van der Waals surface area contributed by atoms with Crippen molar-refractivity contribution in [1.82, 2.24) is 0 Å². The van der Waals surface area contributed by atoms with Gasteiger partial charge >= 0.3 is 0 Å². The molecule has 0 aliphatic heterocycles. The minimum Gasteiger partial charge on any atom is -0.415 e. The van der Waals surface area contributed by atoms with E-state index in [-0.39, 0.29) is 5.41 Å². The van der Waals surface area contributed by atoms with E-state index in [1.807, 2.05) is 0 Å². The lowest BCUT2D eigenvalue weighted by Crippen LogP contribution is -2.61. The zero-order valence-electron chi connectivity index (χ0n) is 30.6. The minimum atomic E-state index is -1.77. The molecule has 0 saturated heterocycles. The molecule has 9 atom stereocenters. The van der Waals surface area contributed by atoms with Crippen LogP contribution in [0, 0.1) is 40.4 Å². The van der Waals surface area contributed by atoms with Gasteiger partial charge in [-0.25, -0.2) is 0 Å². The van der Waals surface area contributed by atoms with Gasteiger partial charge in [0.2, 0.25) is 0 Å². The van der Waals surface area contributed by atoms with Crippen LogP contribution >= 0.6 is 0 Å². The van der Waals surface area contributed by atoms with Crippen LogP contribution in [0.15, 0.2) is 35.5 Å². The first kappa shape index (κ1) is 35.5. The number of fused-ring (bicyclic) bond motifs is 5. The van der Waals surface area contributed by atoms with E-state index in [2.05, 4.69) is 103 Å². The predicted molar refractivity (Wildman–Crippen MR) is 195 cm³/mol. The van der Waals surface area contributed by atoms with Crippen molar-refractivity contribution in [2.75, 3.05) is 6.61 Å². The summed E-state index contributed by atoms with van der Waals surface area (Å²) in [6, 6.07) is 10.4. The van der Waals surface area contributed by atoms with Gasteiger partial charge < -0.3 is 18.1 Å². The van der Waals surface area contributed by atoms with Gasteiger partial charge in [-0.2, -0.15) is 0 Å². The maximum Gasteiger partial charge on any atom is 0.184 e. The summed E-state index contributed by atoms with van der Waals surface area (Å²) in [7, 11) is -5.05. The van der Waals surface area contributed by atoms with E-state index in [0.717, 1.165) is 29.5 Å². The van der Waals surface area contributed by atoms with Crippen LogP contribution in [-0.4, -0.2) is 49.5 Å². The second-order valence-electron chi connectivity index (χ2n) is 18.6. The molecule has 4 aliphatic rings. The van der Waals surface area contributed by atoms with E-state index in [1.54, 1.807) is 0 Å². The third kappa shape index (κ3) is 8.27. The highest BCUT2D eigenvalue weighted by atomic mass is 28.4. The van der Waals surface area contributed by atoms with Gasteiger partial charge in [-0.1, -0.05) is 49.3 Å². The molecule has 0 bridgehead atoms. The van der Waals surface area contributed by atoms with Crippen LogP contribution in [0.4, 0.5) is 0 Å². The molecule has 8 heteroatoms. The molecule has 4 saturated carbocycles. The van der Waals surface area contributed by atoms with E-state index < -0.39 is 25.0 Å². The van der Waals surface area contributed by atoms with E-state index in [9.17, 15) is 0 Å². The summed E-state index contributed by atoms with van der Waals surface area (Å²) in [5, 5.41) is 4.93. The molecule has 0 radical (unpaired) electrons. The average Bonchev–Trinajstić information content (AvgIpc) is 3.25. The Hall–Kier alpha value is -0.779. The minimum absolute atomic E-state index is 0.143. The molecular weight excluding hydrogens is 607 g/mol. The molecule has 4 aliphatic carbocycles. The Kier molecular flexibility index (Phi) is 10.5. The molecule has 1 aromatic rings. The first-order valence-electron chi connectivity index (χ1n) is 18.1. The topological polar surface area (TPSA) is 49.3 Å². The average molecular weight is 672 g/mol. The van der Waals surface area contributed by atoms with Crippen molar-refractivity contribution < 1.29 is 18.1 Å². The summed E-state index contributed by atoms with van der Waals surface area (Å²) >= 11 is 0. The highest BCUT2D eigenvalue weighted by Gasteiger charge is 2.64. The normalized spacial score (nSPS) is 37.5. The Morgan fingerprint density at radius 3 is 2.13 bits per heavy atom. The van der Waals surface area contributed by atoms with Crippen molar-refractivity contribution >= 4 is 30.7 Å². The smallest absolute Gasteiger partial charge is 0.184 e. The molecule has 5 rings (SSSR count). The zero-order valence-corrected chi connectivity index (χ0v) is 33.6. The van der Waals surface area contributed by atoms with Crippen LogP contribution in [0.1, 0.15) is 70.8 Å². The van der Waals surface area contributed by atoms with Gasteiger partial charge in [0.05, 0.1) is 12.3 Å². The monoisotopic (exact) mass is 671 g/mol. The summed E-state index contributed by atoms with van der Waals surface area (Å²) < 4.78 is 20.6. The predicted octanol–water partition coefficient (Wildman–Crippen LogP) is 10.1. The van der Waals surface area contributed by atoms with Gasteiger partial charge in [-0.05, 0) is 150 Å². The highest BCUT2D eigenvalue weighted by molar-refractivity contribution is 6.70. The van der Waals surface area contributed by atoms with Gasteiger partial charge in [0, 0.05) is 18.1 Å². The molecule has 5 nitrogen and oxygen atoms in total. The van der Waals surface area contributed by atoms with E-state index in [0.29, 0.717) is 48.6 Å².